The smallest absolute Gasteiger partial charge is 0.0872 e. The van der Waals surface area contributed by atoms with Crippen molar-refractivity contribution in [2.24, 2.45) is 0 Å². The van der Waals surface area contributed by atoms with Crippen LogP contribution in [-0.4, -0.2) is 12.2 Å². The highest BCUT2D eigenvalue weighted by Crippen LogP contribution is 2.24. The first-order chi connectivity index (χ1) is 8.72. The summed E-state index contributed by atoms with van der Waals surface area (Å²) in [6, 6.07) is 10.0. The molecule has 1 aliphatic carbocycles. The minimum atomic E-state index is -0.160. The molecule has 0 aliphatic heterocycles. The van der Waals surface area contributed by atoms with E-state index in [1.165, 1.54) is 0 Å². The van der Waals surface area contributed by atoms with Crippen molar-refractivity contribution in [3.63, 3.8) is 0 Å². The monoisotopic (exact) mass is 238 g/mol. The molecule has 1 nitrogen and oxygen atoms in total. The molecule has 0 N–H and O–H groups in total. The van der Waals surface area contributed by atoms with Gasteiger partial charge in [-0.2, -0.15) is 0 Å². The molecule has 1 aromatic rings. The zero-order valence-electron chi connectivity index (χ0n) is 10.9. The normalized spacial score (nSPS) is 22.0. The Morgan fingerprint density at radius 2 is 2.00 bits per heavy atom. The van der Waals surface area contributed by atoms with Gasteiger partial charge in [0.25, 0.3) is 0 Å². The molecule has 1 aliphatic rings. The van der Waals surface area contributed by atoms with Gasteiger partial charge in [-0.05, 0) is 38.5 Å². The molecule has 0 heterocycles. The molecule has 0 saturated carbocycles. The number of benzene rings is 1. The topological polar surface area (TPSA) is 9.23 Å². The largest absolute Gasteiger partial charge is 0.371 e. The van der Waals surface area contributed by atoms with Crippen LogP contribution in [0.1, 0.15) is 25.8 Å². The van der Waals surface area contributed by atoms with Crippen LogP contribution in [0.2, 0.25) is 0 Å². The molecule has 1 atom stereocenters. The van der Waals surface area contributed by atoms with Crippen molar-refractivity contribution in [2.45, 2.75) is 25.9 Å². The molecule has 0 spiro atoms. The Hall–Kier alpha value is -1.78. The molecule has 1 unspecified atom stereocenters. The Kier molecular flexibility index (Phi) is 4.02. The number of hydrogen-bond donors (Lipinski definition) is 0. The van der Waals surface area contributed by atoms with Gasteiger partial charge in [0.2, 0.25) is 0 Å². The molecule has 0 fully saturated rings. The van der Waals surface area contributed by atoms with E-state index in [-0.39, 0.29) is 5.60 Å². The molecule has 1 aromatic carbocycles. The second-order valence-corrected chi connectivity index (χ2v) is 4.56. The SMILES string of the molecule is CCOC1(C)C=CC(C#Cc2ccccc2)=CC1. The third kappa shape index (κ3) is 3.35. The molecular weight excluding hydrogens is 220 g/mol. The highest BCUT2D eigenvalue weighted by Gasteiger charge is 2.21. The highest BCUT2D eigenvalue weighted by atomic mass is 16.5. The lowest BCUT2D eigenvalue weighted by Crippen LogP contribution is -2.26. The van der Waals surface area contributed by atoms with Crippen LogP contribution < -0.4 is 0 Å². The zero-order chi connectivity index (χ0) is 12.8. The highest BCUT2D eigenvalue weighted by molar-refractivity contribution is 5.46. The summed E-state index contributed by atoms with van der Waals surface area (Å²) in [4.78, 5) is 0. The summed E-state index contributed by atoms with van der Waals surface area (Å²) in [5, 5.41) is 0. The van der Waals surface area contributed by atoms with Gasteiger partial charge in [-0.3, -0.25) is 0 Å². The zero-order valence-corrected chi connectivity index (χ0v) is 10.9. The average molecular weight is 238 g/mol. The first-order valence-corrected chi connectivity index (χ1v) is 6.32. The third-order valence-electron chi connectivity index (χ3n) is 2.94. The fraction of sp³-hybridized carbons (Fsp3) is 0.294. The molecule has 0 saturated heterocycles. The lowest BCUT2D eigenvalue weighted by atomic mass is 9.94. The van der Waals surface area contributed by atoms with Gasteiger partial charge in [-0.1, -0.05) is 42.2 Å². The van der Waals surface area contributed by atoms with Crippen LogP contribution in [0.25, 0.3) is 0 Å². The summed E-state index contributed by atoms with van der Waals surface area (Å²) >= 11 is 0. The van der Waals surface area contributed by atoms with Crippen LogP contribution in [0.4, 0.5) is 0 Å². The Balaban J connectivity index is 2.05. The Bertz CT molecular complexity index is 514. The summed E-state index contributed by atoms with van der Waals surface area (Å²) in [6.07, 6.45) is 7.18. The molecule has 18 heavy (non-hydrogen) atoms. The molecule has 0 radical (unpaired) electrons. The van der Waals surface area contributed by atoms with Gasteiger partial charge in [-0.15, -0.1) is 0 Å². The van der Waals surface area contributed by atoms with E-state index < -0.39 is 0 Å². The Morgan fingerprint density at radius 1 is 1.22 bits per heavy atom. The number of rotatable bonds is 2. The summed E-state index contributed by atoms with van der Waals surface area (Å²) in [6.45, 7) is 4.86. The number of allylic oxidation sites excluding steroid dienone is 2. The minimum absolute atomic E-state index is 0.160. The fourth-order valence-electron chi connectivity index (χ4n) is 1.91. The van der Waals surface area contributed by atoms with Crippen LogP contribution in [-0.2, 0) is 4.74 Å². The van der Waals surface area contributed by atoms with Crippen LogP contribution in [0.15, 0.2) is 54.1 Å². The quantitative estimate of drug-likeness (QED) is 0.713. The van der Waals surface area contributed by atoms with E-state index in [2.05, 4.69) is 37.0 Å². The maximum absolute atomic E-state index is 5.70. The summed E-state index contributed by atoms with van der Waals surface area (Å²) in [5.74, 6) is 6.35. The van der Waals surface area contributed by atoms with E-state index >= 15 is 0 Å². The van der Waals surface area contributed by atoms with E-state index in [0.717, 1.165) is 24.2 Å². The van der Waals surface area contributed by atoms with Crippen molar-refractivity contribution in [1.29, 1.82) is 0 Å². The molecule has 1 heteroatoms. The molecule has 92 valence electrons. The van der Waals surface area contributed by atoms with Crippen LogP contribution in [0.3, 0.4) is 0 Å². The molecular formula is C17H18O. The second kappa shape index (κ2) is 5.71. The van der Waals surface area contributed by atoms with E-state index in [1.807, 2.05) is 37.3 Å². The van der Waals surface area contributed by atoms with Crippen LogP contribution >= 0.6 is 0 Å². The number of hydrogen-bond acceptors (Lipinski definition) is 1. The van der Waals surface area contributed by atoms with Crippen molar-refractivity contribution >= 4 is 0 Å². The van der Waals surface area contributed by atoms with Gasteiger partial charge in [0.05, 0.1) is 5.60 Å². The van der Waals surface area contributed by atoms with Gasteiger partial charge >= 0.3 is 0 Å². The van der Waals surface area contributed by atoms with Crippen molar-refractivity contribution in [1.82, 2.24) is 0 Å². The maximum atomic E-state index is 5.70. The van der Waals surface area contributed by atoms with E-state index in [0.29, 0.717) is 0 Å². The fourth-order valence-corrected chi connectivity index (χ4v) is 1.91. The Labute approximate surface area is 109 Å². The lowest BCUT2D eigenvalue weighted by Gasteiger charge is -2.26. The van der Waals surface area contributed by atoms with Gasteiger partial charge < -0.3 is 4.74 Å². The first-order valence-electron chi connectivity index (χ1n) is 6.32. The minimum Gasteiger partial charge on any atom is -0.371 e. The lowest BCUT2D eigenvalue weighted by molar-refractivity contribution is 0.0152. The van der Waals surface area contributed by atoms with E-state index in [4.69, 9.17) is 4.74 Å². The predicted octanol–water partition coefficient (Wildman–Crippen LogP) is 3.72. The van der Waals surface area contributed by atoms with Crippen molar-refractivity contribution in [3.8, 4) is 11.8 Å². The van der Waals surface area contributed by atoms with Crippen molar-refractivity contribution in [3.05, 3.63) is 59.7 Å². The Morgan fingerprint density at radius 3 is 2.61 bits per heavy atom. The summed E-state index contributed by atoms with van der Waals surface area (Å²) in [5.41, 5.74) is 1.95. The summed E-state index contributed by atoms with van der Waals surface area (Å²) < 4.78 is 5.70. The van der Waals surface area contributed by atoms with Crippen LogP contribution in [0, 0.1) is 11.8 Å². The molecule has 0 aromatic heterocycles. The first kappa shape index (κ1) is 12.7. The second-order valence-electron chi connectivity index (χ2n) is 4.56. The summed E-state index contributed by atoms with van der Waals surface area (Å²) in [7, 11) is 0. The average Bonchev–Trinajstić information content (AvgIpc) is 2.40. The van der Waals surface area contributed by atoms with Gasteiger partial charge in [0.1, 0.15) is 0 Å². The number of ether oxygens (including phenoxy) is 1. The van der Waals surface area contributed by atoms with Crippen LogP contribution in [0.5, 0.6) is 0 Å². The van der Waals surface area contributed by atoms with Gasteiger partial charge in [-0.25, -0.2) is 0 Å². The maximum Gasteiger partial charge on any atom is 0.0872 e. The standard InChI is InChI=1S/C17H18O/c1-3-18-17(2)13-11-16(12-14-17)10-9-15-7-5-4-6-8-15/h4-8,11-13H,3,14H2,1-2H3. The molecule has 0 amide bonds. The van der Waals surface area contributed by atoms with E-state index in [1.54, 1.807) is 0 Å². The predicted molar refractivity (Wildman–Crippen MR) is 75.2 cm³/mol. The van der Waals surface area contributed by atoms with Gasteiger partial charge in [0.15, 0.2) is 0 Å². The van der Waals surface area contributed by atoms with E-state index in [9.17, 15) is 0 Å². The van der Waals surface area contributed by atoms with Crippen molar-refractivity contribution in [2.75, 3.05) is 6.61 Å². The van der Waals surface area contributed by atoms with Gasteiger partial charge in [0, 0.05) is 17.7 Å². The van der Waals surface area contributed by atoms with Crippen molar-refractivity contribution < 1.29 is 4.74 Å². The third-order valence-corrected chi connectivity index (χ3v) is 2.94. The molecule has 0 bridgehead atoms. The molecule has 2 rings (SSSR count).